The highest BCUT2D eigenvalue weighted by Crippen LogP contribution is 2.39. The van der Waals surface area contributed by atoms with E-state index in [1.54, 1.807) is 28.9 Å². The van der Waals surface area contributed by atoms with E-state index in [1.807, 2.05) is 25.1 Å². The Bertz CT molecular complexity index is 1170. The number of amides is 1. The summed E-state index contributed by atoms with van der Waals surface area (Å²) in [6.07, 6.45) is 1.46. The minimum Gasteiger partial charge on any atom is -0.486 e. The second-order valence-corrected chi connectivity index (χ2v) is 7.40. The van der Waals surface area contributed by atoms with Crippen LogP contribution in [0, 0.1) is 0 Å². The zero-order valence-corrected chi connectivity index (χ0v) is 16.8. The van der Waals surface area contributed by atoms with Crippen LogP contribution in [0.25, 0.3) is 0 Å². The summed E-state index contributed by atoms with van der Waals surface area (Å²) in [4.78, 5) is 17.6. The van der Waals surface area contributed by atoms with Crippen LogP contribution in [0.5, 0.6) is 11.5 Å². The first-order chi connectivity index (χ1) is 14.6. The molecule has 0 saturated heterocycles. The third-order valence-corrected chi connectivity index (χ3v) is 5.24. The number of fused-ring (bicyclic) bond motifs is 2. The molecule has 5 rings (SSSR count). The molecular formula is C21H18ClN5O3. The fourth-order valence-electron chi connectivity index (χ4n) is 3.69. The average molecular weight is 424 g/mol. The first-order valence-corrected chi connectivity index (χ1v) is 9.82. The number of benzene rings is 2. The molecule has 3 heterocycles. The van der Waals surface area contributed by atoms with E-state index in [2.05, 4.69) is 20.7 Å². The second kappa shape index (κ2) is 7.38. The van der Waals surface area contributed by atoms with Gasteiger partial charge in [0, 0.05) is 16.4 Å². The molecule has 0 spiro atoms. The van der Waals surface area contributed by atoms with E-state index in [1.165, 1.54) is 6.33 Å². The molecule has 0 radical (unpaired) electrons. The number of nitrogens with one attached hydrogen (secondary N) is 2. The van der Waals surface area contributed by atoms with E-state index in [0.29, 0.717) is 52.6 Å². The standard InChI is InChI=1S/C21H18ClN5O3/c1-12-18(20(28)26-15-4-2-3-14(22)10-15)19(27-21(25-12)23-11-24-27)13-5-6-16-17(9-13)30-8-7-29-16/h2-6,9-11,19H,7-8H2,1H3,(H,26,28)(H,23,24,25). The van der Waals surface area contributed by atoms with Gasteiger partial charge in [0.15, 0.2) is 11.5 Å². The number of aromatic nitrogens is 3. The Kier molecular flexibility index (Phi) is 4.55. The van der Waals surface area contributed by atoms with Gasteiger partial charge in [0.2, 0.25) is 5.95 Å². The summed E-state index contributed by atoms with van der Waals surface area (Å²) < 4.78 is 13.1. The quantitative estimate of drug-likeness (QED) is 0.668. The van der Waals surface area contributed by atoms with E-state index >= 15 is 0 Å². The first kappa shape index (κ1) is 18.5. The van der Waals surface area contributed by atoms with Gasteiger partial charge in [-0.25, -0.2) is 4.68 Å². The van der Waals surface area contributed by atoms with Crippen LogP contribution in [0.1, 0.15) is 18.5 Å². The molecule has 2 N–H and O–H groups in total. The molecule has 1 aromatic heterocycles. The van der Waals surface area contributed by atoms with Crippen molar-refractivity contribution in [2.75, 3.05) is 23.8 Å². The predicted octanol–water partition coefficient (Wildman–Crippen LogP) is 3.63. The lowest BCUT2D eigenvalue weighted by Crippen LogP contribution is -2.31. The summed E-state index contributed by atoms with van der Waals surface area (Å²) in [7, 11) is 0. The van der Waals surface area contributed by atoms with Gasteiger partial charge < -0.3 is 20.1 Å². The van der Waals surface area contributed by atoms with Crippen molar-refractivity contribution in [2.45, 2.75) is 13.0 Å². The van der Waals surface area contributed by atoms with Crippen molar-refractivity contribution in [3.63, 3.8) is 0 Å². The lowest BCUT2D eigenvalue weighted by Gasteiger charge is -2.29. The Hall–Kier alpha value is -3.52. The minimum atomic E-state index is -0.487. The van der Waals surface area contributed by atoms with E-state index < -0.39 is 6.04 Å². The maximum atomic E-state index is 13.3. The number of hydrogen-bond donors (Lipinski definition) is 2. The van der Waals surface area contributed by atoms with Gasteiger partial charge in [-0.05, 0) is 42.8 Å². The number of halogens is 1. The molecule has 8 nitrogen and oxygen atoms in total. The van der Waals surface area contributed by atoms with Gasteiger partial charge in [-0.1, -0.05) is 23.7 Å². The minimum absolute atomic E-state index is 0.261. The molecule has 0 aliphatic carbocycles. The zero-order valence-electron chi connectivity index (χ0n) is 16.1. The molecule has 1 atom stereocenters. The van der Waals surface area contributed by atoms with Crippen LogP contribution in [-0.2, 0) is 4.79 Å². The van der Waals surface area contributed by atoms with Crippen LogP contribution >= 0.6 is 11.6 Å². The van der Waals surface area contributed by atoms with E-state index in [-0.39, 0.29) is 5.91 Å². The third kappa shape index (κ3) is 3.25. The number of ether oxygens (including phenoxy) is 2. The number of anilines is 2. The number of carbonyl (C=O) groups is 1. The van der Waals surface area contributed by atoms with Crippen molar-refractivity contribution < 1.29 is 14.3 Å². The molecule has 9 heteroatoms. The number of nitrogens with zero attached hydrogens (tertiary/aromatic N) is 3. The van der Waals surface area contributed by atoms with Gasteiger partial charge in [-0.2, -0.15) is 10.1 Å². The fourth-order valence-corrected chi connectivity index (χ4v) is 3.88. The van der Waals surface area contributed by atoms with Crippen LogP contribution in [-0.4, -0.2) is 33.9 Å². The lowest BCUT2D eigenvalue weighted by atomic mass is 9.94. The topological polar surface area (TPSA) is 90.3 Å². The molecular weight excluding hydrogens is 406 g/mol. The van der Waals surface area contributed by atoms with Crippen molar-refractivity contribution in [1.29, 1.82) is 0 Å². The van der Waals surface area contributed by atoms with Gasteiger partial charge in [0.1, 0.15) is 25.6 Å². The summed E-state index contributed by atoms with van der Waals surface area (Å²) in [5, 5.41) is 11.0. The molecule has 0 fully saturated rings. The summed E-state index contributed by atoms with van der Waals surface area (Å²) >= 11 is 6.06. The Morgan fingerprint density at radius 3 is 2.87 bits per heavy atom. The van der Waals surface area contributed by atoms with Crippen molar-refractivity contribution in [3.05, 3.63) is 70.6 Å². The Morgan fingerprint density at radius 1 is 1.20 bits per heavy atom. The van der Waals surface area contributed by atoms with E-state index in [4.69, 9.17) is 21.1 Å². The molecule has 2 aliphatic heterocycles. The fraction of sp³-hybridized carbons (Fsp3) is 0.190. The van der Waals surface area contributed by atoms with Gasteiger partial charge >= 0.3 is 0 Å². The molecule has 2 aliphatic rings. The smallest absolute Gasteiger partial charge is 0.255 e. The Balaban J connectivity index is 1.57. The van der Waals surface area contributed by atoms with Crippen molar-refractivity contribution >= 4 is 29.1 Å². The molecule has 3 aromatic rings. The summed E-state index contributed by atoms with van der Waals surface area (Å²) in [5.74, 6) is 1.63. The normalized spacial score (nSPS) is 17.2. The Morgan fingerprint density at radius 2 is 2.03 bits per heavy atom. The van der Waals surface area contributed by atoms with Gasteiger partial charge in [0.25, 0.3) is 5.91 Å². The SMILES string of the molecule is CC1=C(C(=O)Nc2cccc(Cl)c2)C(c2ccc3c(c2)OCCO3)n2ncnc2N1. The highest BCUT2D eigenvalue weighted by atomic mass is 35.5. The largest absolute Gasteiger partial charge is 0.486 e. The first-order valence-electron chi connectivity index (χ1n) is 9.44. The van der Waals surface area contributed by atoms with Crippen LogP contribution in [0.4, 0.5) is 11.6 Å². The number of rotatable bonds is 3. The van der Waals surface area contributed by atoms with Crippen LogP contribution < -0.4 is 20.1 Å². The predicted molar refractivity (Wildman–Crippen MR) is 112 cm³/mol. The van der Waals surface area contributed by atoms with Gasteiger partial charge in [-0.3, -0.25) is 4.79 Å². The molecule has 0 saturated carbocycles. The third-order valence-electron chi connectivity index (χ3n) is 5.00. The van der Waals surface area contributed by atoms with Crippen LogP contribution in [0.2, 0.25) is 5.02 Å². The summed E-state index contributed by atoms with van der Waals surface area (Å²) in [6, 6.07) is 12.2. The molecule has 30 heavy (non-hydrogen) atoms. The van der Waals surface area contributed by atoms with Crippen molar-refractivity contribution in [1.82, 2.24) is 14.8 Å². The van der Waals surface area contributed by atoms with Gasteiger partial charge in [0.05, 0.1) is 5.57 Å². The van der Waals surface area contributed by atoms with Crippen molar-refractivity contribution in [2.24, 2.45) is 0 Å². The molecule has 1 unspecified atom stereocenters. The number of hydrogen-bond acceptors (Lipinski definition) is 6. The molecule has 1 amide bonds. The highest BCUT2D eigenvalue weighted by molar-refractivity contribution is 6.31. The molecule has 2 aromatic carbocycles. The second-order valence-electron chi connectivity index (χ2n) is 6.96. The van der Waals surface area contributed by atoms with Gasteiger partial charge in [-0.15, -0.1) is 0 Å². The maximum Gasteiger partial charge on any atom is 0.255 e. The van der Waals surface area contributed by atoms with E-state index in [9.17, 15) is 4.79 Å². The number of allylic oxidation sites excluding steroid dienone is 1. The lowest BCUT2D eigenvalue weighted by molar-refractivity contribution is -0.113. The zero-order chi connectivity index (χ0) is 20.7. The van der Waals surface area contributed by atoms with E-state index in [0.717, 1.165) is 5.56 Å². The summed E-state index contributed by atoms with van der Waals surface area (Å²) in [6.45, 7) is 2.84. The highest BCUT2D eigenvalue weighted by Gasteiger charge is 2.34. The Labute approximate surface area is 177 Å². The van der Waals surface area contributed by atoms with Crippen LogP contribution in [0.3, 0.4) is 0 Å². The summed E-state index contributed by atoms with van der Waals surface area (Å²) in [5.41, 5.74) is 2.65. The average Bonchev–Trinajstić information content (AvgIpc) is 3.20. The van der Waals surface area contributed by atoms with Crippen molar-refractivity contribution in [3.8, 4) is 11.5 Å². The molecule has 0 bridgehead atoms. The van der Waals surface area contributed by atoms with Crippen LogP contribution in [0.15, 0.2) is 60.1 Å². The number of carbonyl (C=O) groups excluding carboxylic acids is 1. The maximum absolute atomic E-state index is 13.3. The molecule has 152 valence electrons. The monoisotopic (exact) mass is 423 g/mol.